The van der Waals surface area contributed by atoms with Gasteiger partial charge in [0, 0.05) is 34.8 Å². The first-order chi connectivity index (χ1) is 11.8. The molecule has 0 aliphatic heterocycles. The molecule has 0 atom stereocenters. The average Bonchev–Trinajstić information content (AvgIpc) is 3.00. The molecule has 0 radical (unpaired) electrons. The lowest BCUT2D eigenvalue weighted by Gasteiger charge is -2.07. The highest BCUT2D eigenvalue weighted by Gasteiger charge is 2.10. The van der Waals surface area contributed by atoms with Gasteiger partial charge in [-0.1, -0.05) is 42.5 Å². The second kappa shape index (κ2) is 8.18. The number of thioether (sulfide) groups is 1. The Bertz CT molecular complexity index is 786. The molecule has 1 aromatic heterocycles. The molecule has 124 valence electrons. The van der Waals surface area contributed by atoms with Crippen LogP contribution in [0.5, 0.6) is 0 Å². The van der Waals surface area contributed by atoms with Crippen LogP contribution in [0.1, 0.15) is 5.56 Å². The third-order valence-electron chi connectivity index (χ3n) is 3.71. The molecular formula is C19H20ClN3S. The first kappa shape index (κ1) is 16.8. The van der Waals surface area contributed by atoms with E-state index in [9.17, 15) is 0 Å². The topological polar surface area (TPSA) is 53.8 Å². The Kier molecular flexibility index (Phi) is 5.72. The molecule has 5 heteroatoms. The van der Waals surface area contributed by atoms with Gasteiger partial charge in [0.05, 0.1) is 5.69 Å². The van der Waals surface area contributed by atoms with E-state index in [2.05, 4.69) is 58.8 Å². The molecule has 24 heavy (non-hydrogen) atoms. The molecule has 1 heterocycles. The van der Waals surface area contributed by atoms with E-state index in [-0.39, 0.29) is 0 Å². The molecule has 3 rings (SSSR count). The zero-order chi connectivity index (χ0) is 16.8. The van der Waals surface area contributed by atoms with E-state index in [1.165, 1.54) is 10.5 Å². The lowest BCUT2D eigenvalue weighted by atomic mass is 10.1. The quantitative estimate of drug-likeness (QED) is 0.402. The van der Waals surface area contributed by atoms with Crippen LogP contribution < -0.4 is 11.1 Å². The van der Waals surface area contributed by atoms with E-state index in [1.807, 2.05) is 24.0 Å². The highest BCUT2D eigenvalue weighted by atomic mass is 35.5. The molecule has 0 unspecified atom stereocenters. The van der Waals surface area contributed by atoms with Crippen molar-refractivity contribution < 1.29 is 0 Å². The summed E-state index contributed by atoms with van der Waals surface area (Å²) in [7, 11) is 0. The maximum atomic E-state index is 6.25. The molecule has 0 fully saturated rings. The Balaban J connectivity index is 1.74. The van der Waals surface area contributed by atoms with Gasteiger partial charge in [-0.05, 0) is 23.3 Å². The minimum absolute atomic E-state index is 0.541. The molecule has 4 N–H and O–H groups in total. The molecule has 3 nitrogen and oxygen atoms in total. The molecule has 2 aromatic carbocycles. The zero-order valence-corrected chi connectivity index (χ0v) is 14.8. The number of nitrogens with two attached hydrogens (primary N) is 1. The predicted molar refractivity (Wildman–Crippen MR) is 106 cm³/mol. The Labute approximate surface area is 151 Å². The highest BCUT2D eigenvalue weighted by Crippen LogP contribution is 2.34. The van der Waals surface area contributed by atoms with Gasteiger partial charge < -0.3 is 16.0 Å². The van der Waals surface area contributed by atoms with E-state index < -0.39 is 0 Å². The van der Waals surface area contributed by atoms with Gasteiger partial charge in [-0.3, -0.25) is 0 Å². The van der Waals surface area contributed by atoms with Crippen LogP contribution in [0.15, 0.2) is 65.7 Å². The zero-order valence-electron chi connectivity index (χ0n) is 13.3. The van der Waals surface area contributed by atoms with E-state index in [4.69, 9.17) is 17.3 Å². The third-order valence-corrected chi connectivity index (χ3v) is 4.96. The van der Waals surface area contributed by atoms with Crippen LogP contribution in [0, 0.1) is 0 Å². The number of H-pyrrole nitrogens is 1. The van der Waals surface area contributed by atoms with Crippen molar-refractivity contribution in [3.05, 3.63) is 66.4 Å². The van der Waals surface area contributed by atoms with Crippen molar-refractivity contribution in [2.75, 3.05) is 23.5 Å². The van der Waals surface area contributed by atoms with Gasteiger partial charge in [-0.25, -0.2) is 0 Å². The van der Waals surface area contributed by atoms with Gasteiger partial charge in [0.1, 0.15) is 5.82 Å². The number of hydrogen-bond acceptors (Lipinski definition) is 3. The summed E-state index contributed by atoms with van der Waals surface area (Å²) in [6, 6.07) is 18.9. The normalized spacial score (nSPS) is 10.7. The Hall–Kier alpha value is -2.04. The molecule has 0 saturated heterocycles. The SMILES string of the molecule is Nc1c(-c2cccc(SCc3ccccc3)c2)c[nH]c1NCCCl. The van der Waals surface area contributed by atoms with Gasteiger partial charge in [0.15, 0.2) is 0 Å². The second-order valence-corrected chi connectivity index (χ2v) is 6.84. The fourth-order valence-corrected chi connectivity index (χ4v) is 3.49. The minimum atomic E-state index is 0.541. The largest absolute Gasteiger partial charge is 0.395 e. The van der Waals surface area contributed by atoms with Gasteiger partial charge in [0.25, 0.3) is 0 Å². The van der Waals surface area contributed by atoms with Crippen LogP contribution >= 0.6 is 23.4 Å². The smallest absolute Gasteiger partial charge is 0.127 e. The number of aromatic nitrogens is 1. The molecule has 0 spiro atoms. The summed E-state index contributed by atoms with van der Waals surface area (Å²) in [5.41, 5.74) is 10.4. The van der Waals surface area contributed by atoms with Gasteiger partial charge in [-0.2, -0.15) is 0 Å². The van der Waals surface area contributed by atoms with Crippen molar-refractivity contribution in [2.45, 2.75) is 10.6 Å². The minimum Gasteiger partial charge on any atom is -0.395 e. The van der Waals surface area contributed by atoms with Crippen LogP contribution in [0.2, 0.25) is 0 Å². The monoisotopic (exact) mass is 357 g/mol. The number of anilines is 2. The number of nitrogen functional groups attached to an aromatic ring is 1. The van der Waals surface area contributed by atoms with Crippen LogP contribution in [-0.4, -0.2) is 17.4 Å². The number of halogens is 1. The second-order valence-electron chi connectivity index (χ2n) is 5.41. The number of aromatic amines is 1. The van der Waals surface area contributed by atoms with Crippen LogP contribution in [0.3, 0.4) is 0 Å². The van der Waals surface area contributed by atoms with Crippen molar-refractivity contribution in [2.24, 2.45) is 0 Å². The number of alkyl halides is 1. The van der Waals surface area contributed by atoms with Crippen molar-refractivity contribution in [1.29, 1.82) is 0 Å². The van der Waals surface area contributed by atoms with Crippen molar-refractivity contribution in [3.63, 3.8) is 0 Å². The van der Waals surface area contributed by atoms with Gasteiger partial charge >= 0.3 is 0 Å². The maximum absolute atomic E-state index is 6.25. The maximum Gasteiger partial charge on any atom is 0.127 e. The molecule has 3 aromatic rings. The van der Waals surface area contributed by atoms with Crippen molar-refractivity contribution >= 4 is 34.9 Å². The lowest BCUT2D eigenvalue weighted by molar-refractivity contribution is 1.19. The van der Waals surface area contributed by atoms with Crippen LogP contribution in [-0.2, 0) is 5.75 Å². The van der Waals surface area contributed by atoms with E-state index in [1.54, 1.807) is 0 Å². The molecule has 0 saturated carbocycles. The molecular weight excluding hydrogens is 338 g/mol. The first-order valence-corrected chi connectivity index (χ1v) is 9.34. The fourth-order valence-electron chi connectivity index (χ4n) is 2.49. The Morgan fingerprint density at radius 1 is 1.08 bits per heavy atom. The molecule has 0 aliphatic carbocycles. The van der Waals surface area contributed by atoms with Gasteiger partial charge in [0.2, 0.25) is 0 Å². The first-order valence-electron chi connectivity index (χ1n) is 7.82. The van der Waals surface area contributed by atoms with Crippen molar-refractivity contribution in [1.82, 2.24) is 4.98 Å². The summed E-state index contributed by atoms with van der Waals surface area (Å²) in [5, 5.41) is 3.20. The van der Waals surface area contributed by atoms with E-state index in [0.29, 0.717) is 12.4 Å². The summed E-state index contributed by atoms with van der Waals surface area (Å²) in [4.78, 5) is 4.41. The van der Waals surface area contributed by atoms with Crippen LogP contribution in [0.25, 0.3) is 11.1 Å². The van der Waals surface area contributed by atoms with E-state index in [0.717, 1.165) is 28.4 Å². The lowest BCUT2D eigenvalue weighted by Crippen LogP contribution is -2.04. The summed E-state index contributed by atoms with van der Waals surface area (Å²) in [6.45, 7) is 0.679. The Morgan fingerprint density at radius 3 is 2.71 bits per heavy atom. The number of hydrogen-bond donors (Lipinski definition) is 3. The number of benzene rings is 2. The summed E-state index contributed by atoms with van der Waals surface area (Å²) in [5.74, 6) is 2.32. The summed E-state index contributed by atoms with van der Waals surface area (Å²) >= 11 is 7.54. The molecule has 0 amide bonds. The summed E-state index contributed by atoms with van der Waals surface area (Å²) in [6.07, 6.45) is 1.94. The Morgan fingerprint density at radius 2 is 1.92 bits per heavy atom. The average molecular weight is 358 g/mol. The highest BCUT2D eigenvalue weighted by molar-refractivity contribution is 7.98. The molecule has 0 aliphatic rings. The number of nitrogens with one attached hydrogen (secondary N) is 2. The number of rotatable bonds is 7. The van der Waals surface area contributed by atoms with Gasteiger partial charge in [-0.15, -0.1) is 23.4 Å². The predicted octanol–water partition coefficient (Wildman–Crippen LogP) is 5.21. The van der Waals surface area contributed by atoms with Crippen LogP contribution in [0.4, 0.5) is 11.5 Å². The fraction of sp³-hybridized carbons (Fsp3) is 0.158. The summed E-state index contributed by atoms with van der Waals surface area (Å²) < 4.78 is 0. The van der Waals surface area contributed by atoms with E-state index >= 15 is 0 Å². The van der Waals surface area contributed by atoms with Crippen molar-refractivity contribution in [3.8, 4) is 11.1 Å². The third kappa shape index (κ3) is 4.08. The standard InChI is InChI=1S/C19H20ClN3S/c20-9-10-22-19-18(21)17(12-23-19)15-7-4-8-16(11-15)24-13-14-5-2-1-3-6-14/h1-8,11-12,22-23H,9-10,13,21H2. The molecule has 0 bridgehead atoms.